The molecule has 0 amide bonds. The number of benzene rings is 1. The van der Waals surface area contributed by atoms with Gasteiger partial charge in [0.25, 0.3) is 0 Å². The fourth-order valence-corrected chi connectivity index (χ4v) is 2.10. The van der Waals surface area contributed by atoms with Gasteiger partial charge in [0, 0.05) is 24.8 Å². The Balaban J connectivity index is 1.91. The average Bonchev–Trinajstić information content (AvgIpc) is 3.15. The minimum atomic E-state index is -0.111. The van der Waals surface area contributed by atoms with Crippen molar-refractivity contribution in [2.45, 2.75) is 38.3 Å². The Bertz CT molecular complexity index is 352. The van der Waals surface area contributed by atoms with Crippen LogP contribution in [0, 0.1) is 5.82 Å². The van der Waals surface area contributed by atoms with E-state index in [-0.39, 0.29) is 12.4 Å². The smallest absolute Gasteiger partial charge is 0.127 e. The fourth-order valence-electron chi connectivity index (χ4n) is 2.10. The Hall–Kier alpha value is -0.930. The van der Waals surface area contributed by atoms with E-state index in [1.54, 1.807) is 6.07 Å². The number of unbranched alkanes of at least 4 members (excludes halogenated alkanes) is 1. The molecule has 0 atom stereocenters. The lowest BCUT2D eigenvalue weighted by Crippen LogP contribution is -2.27. The summed E-state index contributed by atoms with van der Waals surface area (Å²) in [6.07, 6.45) is 4.28. The van der Waals surface area contributed by atoms with Gasteiger partial charge in [-0.25, -0.2) is 4.39 Å². The Morgan fingerprint density at radius 1 is 1.24 bits per heavy atom. The molecule has 2 nitrogen and oxygen atoms in total. The van der Waals surface area contributed by atoms with Crippen LogP contribution in [0.1, 0.15) is 31.2 Å². The van der Waals surface area contributed by atoms with E-state index in [0.29, 0.717) is 12.6 Å². The van der Waals surface area contributed by atoms with Crippen LogP contribution in [-0.2, 0) is 6.54 Å². The predicted molar refractivity (Wildman–Crippen MR) is 66.2 cm³/mol. The predicted octanol–water partition coefficient (Wildman–Crippen LogP) is 2.56. The van der Waals surface area contributed by atoms with Gasteiger partial charge in [0.2, 0.25) is 0 Å². The number of aliphatic hydroxyl groups is 1. The third-order valence-corrected chi connectivity index (χ3v) is 3.25. The zero-order chi connectivity index (χ0) is 12.1. The highest BCUT2D eigenvalue weighted by Crippen LogP contribution is 2.28. The number of hydrogen-bond acceptors (Lipinski definition) is 2. The first-order valence-electron chi connectivity index (χ1n) is 6.39. The van der Waals surface area contributed by atoms with Crippen molar-refractivity contribution in [3.63, 3.8) is 0 Å². The minimum absolute atomic E-state index is 0.111. The maximum absolute atomic E-state index is 13.6. The molecule has 1 N–H and O–H groups in total. The van der Waals surface area contributed by atoms with Crippen molar-refractivity contribution in [2.24, 2.45) is 0 Å². The molecule has 1 fully saturated rings. The minimum Gasteiger partial charge on any atom is -0.396 e. The molecule has 0 radical (unpaired) electrons. The summed E-state index contributed by atoms with van der Waals surface area (Å²) in [7, 11) is 0. The van der Waals surface area contributed by atoms with Crippen LogP contribution in [-0.4, -0.2) is 29.2 Å². The van der Waals surface area contributed by atoms with Gasteiger partial charge in [0.1, 0.15) is 5.82 Å². The molecule has 0 saturated heterocycles. The summed E-state index contributed by atoms with van der Waals surface area (Å²) < 4.78 is 13.6. The zero-order valence-corrected chi connectivity index (χ0v) is 10.1. The number of halogens is 1. The first-order valence-corrected chi connectivity index (χ1v) is 6.39. The van der Waals surface area contributed by atoms with E-state index < -0.39 is 0 Å². The van der Waals surface area contributed by atoms with Crippen LogP contribution in [0.15, 0.2) is 24.3 Å². The van der Waals surface area contributed by atoms with Crippen LogP contribution >= 0.6 is 0 Å². The van der Waals surface area contributed by atoms with Gasteiger partial charge < -0.3 is 5.11 Å². The van der Waals surface area contributed by atoms with Gasteiger partial charge in [-0.1, -0.05) is 18.2 Å². The molecule has 1 aliphatic carbocycles. The van der Waals surface area contributed by atoms with E-state index in [0.717, 1.165) is 24.9 Å². The molecule has 0 aromatic heterocycles. The third kappa shape index (κ3) is 3.79. The Morgan fingerprint density at radius 3 is 2.65 bits per heavy atom. The lowest BCUT2D eigenvalue weighted by Gasteiger charge is -2.22. The lowest BCUT2D eigenvalue weighted by molar-refractivity contribution is 0.226. The largest absolute Gasteiger partial charge is 0.396 e. The highest BCUT2D eigenvalue weighted by molar-refractivity contribution is 5.17. The topological polar surface area (TPSA) is 23.5 Å². The van der Waals surface area contributed by atoms with Crippen molar-refractivity contribution >= 4 is 0 Å². The van der Waals surface area contributed by atoms with Gasteiger partial charge in [0.15, 0.2) is 0 Å². The number of nitrogens with zero attached hydrogens (tertiary/aromatic N) is 1. The molecule has 1 aromatic rings. The van der Waals surface area contributed by atoms with Crippen molar-refractivity contribution in [3.8, 4) is 0 Å². The van der Waals surface area contributed by atoms with Gasteiger partial charge in [-0.2, -0.15) is 0 Å². The van der Waals surface area contributed by atoms with Crippen molar-refractivity contribution in [3.05, 3.63) is 35.6 Å². The molecule has 2 rings (SSSR count). The quantitative estimate of drug-likeness (QED) is 0.737. The second-order valence-electron chi connectivity index (χ2n) is 4.72. The maximum atomic E-state index is 13.6. The van der Waals surface area contributed by atoms with Crippen LogP contribution < -0.4 is 0 Å². The normalized spacial score (nSPS) is 15.5. The Kier molecular flexibility index (Phi) is 4.51. The van der Waals surface area contributed by atoms with Crippen molar-refractivity contribution in [1.29, 1.82) is 0 Å². The molecule has 1 aromatic carbocycles. The lowest BCUT2D eigenvalue weighted by atomic mass is 10.2. The highest BCUT2D eigenvalue weighted by atomic mass is 19.1. The van der Waals surface area contributed by atoms with Gasteiger partial charge >= 0.3 is 0 Å². The van der Waals surface area contributed by atoms with E-state index in [4.69, 9.17) is 5.11 Å². The standard InChI is InChI=1S/C14H20FNO/c15-14-6-2-1-5-12(14)11-16(13-7-8-13)9-3-4-10-17/h1-2,5-6,13,17H,3-4,7-11H2. The van der Waals surface area contributed by atoms with Crippen molar-refractivity contribution in [2.75, 3.05) is 13.2 Å². The summed E-state index contributed by atoms with van der Waals surface area (Å²) in [5.41, 5.74) is 0.781. The molecule has 0 spiro atoms. The molecule has 17 heavy (non-hydrogen) atoms. The van der Waals surface area contributed by atoms with E-state index in [2.05, 4.69) is 4.90 Å². The van der Waals surface area contributed by atoms with E-state index in [9.17, 15) is 4.39 Å². The van der Waals surface area contributed by atoms with Gasteiger partial charge in [-0.3, -0.25) is 4.90 Å². The van der Waals surface area contributed by atoms with Crippen molar-refractivity contribution < 1.29 is 9.50 Å². The molecule has 0 aliphatic heterocycles. The second kappa shape index (κ2) is 6.12. The molecule has 1 aliphatic rings. The van der Waals surface area contributed by atoms with Crippen LogP contribution in [0.4, 0.5) is 4.39 Å². The summed E-state index contributed by atoms with van der Waals surface area (Å²) in [5, 5.41) is 8.79. The molecular formula is C14H20FNO. The van der Waals surface area contributed by atoms with Crippen molar-refractivity contribution in [1.82, 2.24) is 4.90 Å². The summed E-state index contributed by atoms with van der Waals surface area (Å²) >= 11 is 0. The fraction of sp³-hybridized carbons (Fsp3) is 0.571. The molecule has 0 unspecified atom stereocenters. The Labute approximate surface area is 102 Å². The summed E-state index contributed by atoms with van der Waals surface area (Å²) in [5.74, 6) is -0.111. The van der Waals surface area contributed by atoms with E-state index in [1.165, 1.54) is 18.9 Å². The molecule has 1 saturated carbocycles. The molecule has 94 valence electrons. The Morgan fingerprint density at radius 2 is 2.00 bits per heavy atom. The number of hydrogen-bond donors (Lipinski definition) is 1. The van der Waals surface area contributed by atoms with Crippen LogP contribution in [0.3, 0.4) is 0 Å². The highest BCUT2D eigenvalue weighted by Gasteiger charge is 2.28. The van der Waals surface area contributed by atoms with Crippen LogP contribution in [0.25, 0.3) is 0 Å². The maximum Gasteiger partial charge on any atom is 0.127 e. The molecule has 0 heterocycles. The SMILES string of the molecule is OCCCCN(Cc1ccccc1F)C1CC1. The number of aliphatic hydroxyl groups excluding tert-OH is 1. The van der Waals surface area contributed by atoms with Gasteiger partial charge in [0.05, 0.1) is 0 Å². The molecule has 0 bridgehead atoms. The first-order chi connectivity index (χ1) is 8.31. The van der Waals surface area contributed by atoms with Crippen LogP contribution in [0.2, 0.25) is 0 Å². The first kappa shape index (κ1) is 12.5. The second-order valence-corrected chi connectivity index (χ2v) is 4.72. The number of rotatable bonds is 7. The third-order valence-electron chi connectivity index (χ3n) is 3.25. The van der Waals surface area contributed by atoms with E-state index in [1.807, 2.05) is 12.1 Å². The molecular weight excluding hydrogens is 217 g/mol. The average molecular weight is 237 g/mol. The summed E-state index contributed by atoms with van der Waals surface area (Å²) in [4.78, 5) is 2.34. The molecule has 3 heteroatoms. The summed E-state index contributed by atoms with van der Waals surface area (Å²) in [6, 6.07) is 7.63. The zero-order valence-electron chi connectivity index (χ0n) is 10.1. The van der Waals surface area contributed by atoms with Crippen LogP contribution in [0.5, 0.6) is 0 Å². The van der Waals surface area contributed by atoms with Gasteiger partial charge in [-0.15, -0.1) is 0 Å². The van der Waals surface area contributed by atoms with Gasteiger partial charge in [-0.05, 0) is 38.3 Å². The van der Waals surface area contributed by atoms with E-state index >= 15 is 0 Å². The monoisotopic (exact) mass is 237 g/mol. The summed E-state index contributed by atoms with van der Waals surface area (Å²) in [6.45, 7) is 1.90.